The lowest BCUT2D eigenvalue weighted by atomic mass is 10.1. The van der Waals surface area contributed by atoms with Crippen molar-refractivity contribution in [1.82, 2.24) is 0 Å². The van der Waals surface area contributed by atoms with Gasteiger partial charge in [0.15, 0.2) is 0 Å². The summed E-state index contributed by atoms with van der Waals surface area (Å²) < 4.78 is 2.45. The van der Waals surface area contributed by atoms with Crippen molar-refractivity contribution < 1.29 is 0 Å². The van der Waals surface area contributed by atoms with Gasteiger partial charge >= 0.3 is 0 Å². The zero-order valence-corrected chi connectivity index (χ0v) is 11.6. The van der Waals surface area contributed by atoms with E-state index in [0.29, 0.717) is 0 Å². The lowest BCUT2D eigenvalue weighted by Crippen LogP contribution is -1.80. The number of benzene rings is 2. The Morgan fingerprint density at radius 1 is 1.00 bits per heavy atom. The zero-order chi connectivity index (χ0) is 12.0. The summed E-state index contributed by atoms with van der Waals surface area (Å²) in [7, 11) is 0. The Kier molecular flexibility index (Phi) is 2.78. The maximum Gasteiger partial charge on any atom is 0.0452 e. The van der Waals surface area contributed by atoms with Crippen LogP contribution in [0.1, 0.15) is 12.5 Å². The van der Waals surface area contributed by atoms with Crippen LogP contribution in [0.15, 0.2) is 30.3 Å². The third kappa shape index (κ3) is 1.83. The van der Waals surface area contributed by atoms with Crippen LogP contribution in [0.4, 0.5) is 0 Å². The number of rotatable bonds is 1. The summed E-state index contributed by atoms with van der Waals surface area (Å²) in [4.78, 5) is 0. The van der Waals surface area contributed by atoms with Gasteiger partial charge in [0, 0.05) is 30.2 Å². The second-order valence-corrected chi connectivity index (χ2v) is 5.96. The summed E-state index contributed by atoms with van der Waals surface area (Å²) in [5, 5.41) is 4.19. The van der Waals surface area contributed by atoms with E-state index in [-0.39, 0.29) is 0 Å². The molecule has 0 saturated heterocycles. The maximum absolute atomic E-state index is 6.24. The van der Waals surface area contributed by atoms with Gasteiger partial charge in [-0.15, -0.1) is 11.3 Å². The molecule has 3 rings (SSSR count). The standard InChI is InChI=1S/C14H10Cl2S/c1-2-8-5-11-10-4-3-9(15)6-13(10)17-14(11)7-12(8)16/h3-7H,2H2,1H3. The van der Waals surface area contributed by atoms with E-state index in [1.807, 2.05) is 12.1 Å². The molecule has 0 nitrogen and oxygen atoms in total. The highest BCUT2D eigenvalue weighted by molar-refractivity contribution is 7.25. The van der Waals surface area contributed by atoms with Gasteiger partial charge < -0.3 is 0 Å². The Morgan fingerprint density at radius 2 is 1.76 bits per heavy atom. The smallest absolute Gasteiger partial charge is 0.0452 e. The summed E-state index contributed by atoms with van der Waals surface area (Å²) in [5.74, 6) is 0. The SMILES string of the molecule is CCc1cc2c(cc1Cl)sc1cc(Cl)ccc12. The molecule has 0 amide bonds. The first-order valence-electron chi connectivity index (χ1n) is 5.49. The minimum absolute atomic E-state index is 0.783. The highest BCUT2D eigenvalue weighted by Gasteiger charge is 2.08. The van der Waals surface area contributed by atoms with Crippen molar-refractivity contribution in [1.29, 1.82) is 0 Å². The molecule has 1 heterocycles. The minimum Gasteiger partial charge on any atom is -0.135 e. The van der Waals surface area contributed by atoms with Crippen LogP contribution in [-0.2, 0) is 6.42 Å². The van der Waals surface area contributed by atoms with Gasteiger partial charge in [0.25, 0.3) is 0 Å². The van der Waals surface area contributed by atoms with Crippen LogP contribution < -0.4 is 0 Å². The number of thiophene rings is 1. The summed E-state index contributed by atoms with van der Waals surface area (Å²) in [5.41, 5.74) is 1.20. The van der Waals surface area contributed by atoms with E-state index in [2.05, 4.69) is 25.1 Å². The first kappa shape index (κ1) is 11.3. The highest BCUT2D eigenvalue weighted by atomic mass is 35.5. The van der Waals surface area contributed by atoms with Crippen molar-refractivity contribution in [3.8, 4) is 0 Å². The topological polar surface area (TPSA) is 0 Å². The third-order valence-electron chi connectivity index (χ3n) is 2.98. The number of hydrogen-bond acceptors (Lipinski definition) is 1. The van der Waals surface area contributed by atoms with Gasteiger partial charge in [0.1, 0.15) is 0 Å². The van der Waals surface area contributed by atoms with Gasteiger partial charge in [-0.1, -0.05) is 36.2 Å². The lowest BCUT2D eigenvalue weighted by Gasteiger charge is -2.01. The zero-order valence-electron chi connectivity index (χ0n) is 9.26. The third-order valence-corrected chi connectivity index (χ3v) is 4.69. The second-order valence-electron chi connectivity index (χ2n) is 4.04. The fraction of sp³-hybridized carbons (Fsp3) is 0.143. The largest absolute Gasteiger partial charge is 0.135 e. The van der Waals surface area contributed by atoms with Crippen molar-refractivity contribution in [2.75, 3.05) is 0 Å². The Labute approximate surface area is 114 Å². The minimum atomic E-state index is 0.783. The molecule has 0 spiro atoms. The molecule has 0 saturated carbocycles. The normalized spacial score (nSPS) is 11.5. The first-order valence-corrected chi connectivity index (χ1v) is 7.06. The quantitative estimate of drug-likeness (QED) is 0.519. The number of aryl methyl sites for hydroxylation is 1. The van der Waals surface area contributed by atoms with E-state index in [1.54, 1.807) is 11.3 Å². The van der Waals surface area contributed by atoms with Gasteiger partial charge in [0.2, 0.25) is 0 Å². The fourth-order valence-electron chi connectivity index (χ4n) is 2.09. The molecule has 0 radical (unpaired) electrons. The van der Waals surface area contributed by atoms with Crippen LogP contribution in [0.3, 0.4) is 0 Å². The van der Waals surface area contributed by atoms with Gasteiger partial charge in [-0.05, 0) is 36.2 Å². The van der Waals surface area contributed by atoms with E-state index in [4.69, 9.17) is 23.2 Å². The molecule has 0 fully saturated rings. The van der Waals surface area contributed by atoms with Crippen LogP contribution in [0.25, 0.3) is 20.2 Å². The molecule has 0 bridgehead atoms. The summed E-state index contributed by atoms with van der Waals surface area (Å²) in [6.07, 6.45) is 0.958. The monoisotopic (exact) mass is 280 g/mol. The van der Waals surface area contributed by atoms with Crippen molar-refractivity contribution >= 4 is 54.7 Å². The van der Waals surface area contributed by atoms with Gasteiger partial charge in [0.05, 0.1) is 0 Å². The Morgan fingerprint density at radius 3 is 2.53 bits per heavy atom. The van der Waals surface area contributed by atoms with E-state index >= 15 is 0 Å². The molecular formula is C14H10Cl2S. The molecule has 3 heteroatoms. The lowest BCUT2D eigenvalue weighted by molar-refractivity contribution is 1.15. The molecule has 2 aromatic carbocycles. The average molecular weight is 281 g/mol. The van der Waals surface area contributed by atoms with E-state index in [0.717, 1.165) is 16.5 Å². The summed E-state index contributed by atoms with van der Waals surface area (Å²) in [6, 6.07) is 10.3. The van der Waals surface area contributed by atoms with Crippen LogP contribution in [0.5, 0.6) is 0 Å². The Balaban J connectivity index is 2.44. The van der Waals surface area contributed by atoms with E-state index < -0.39 is 0 Å². The highest BCUT2D eigenvalue weighted by Crippen LogP contribution is 2.37. The van der Waals surface area contributed by atoms with Gasteiger partial charge in [-0.2, -0.15) is 0 Å². The van der Waals surface area contributed by atoms with Crippen LogP contribution in [-0.4, -0.2) is 0 Å². The fourth-order valence-corrected chi connectivity index (χ4v) is 3.85. The number of hydrogen-bond donors (Lipinski definition) is 0. The molecule has 0 atom stereocenters. The average Bonchev–Trinajstić information content (AvgIpc) is 2.63. The second kappa shape index (κ2) is 4.16. The molecular weight excluding hydrogens is 271 g/mol. The predicted octanol–water partition coefficient (Wildman–Crippen LogP) is 5.92. The van der Waals surface area contributed by atoms with Crippen LogP contribution >= 0.6 is 34.5 Å². The first-order chi connectivity index (χ1) is 8.19. The molecule has 0 aliphatic heterocycles. The molecule has 0 unspecified atom stereocenters. The van der Waals surface area contributed by atoms with Gasteiger partial charge in [-0.3, -0.25) is 0 Å². The Hall–Kier alpha value is -0.760. The molecule has 3 aromatic rings. The maximum atomic E-state index is 6.24. The van der Waals surface area contributed by atoms with Crippen molar-refractivity contribution in [2.45, 2.75) is 13.3 Å². The van der Waals surface area contributed by atoms with Crippen LogP contribution in [0.2, 0.25) is 10.0 Å². The molecule has 86 valence electrons. The van der Waals surface area contributed by atoms with E-state index in [1.165, 1.54) is 25.7 Å². The number of fused-ring (bicyclic) bond motifs is 3. The van der Waals surface area contributed by atoms with Crippen molar-refractivity contribution in [2.24, 2.45) is 0 Å². The van der Waals surface area contributed by atoms with Crippen molar-refractivity contribution in [3.63, 3.8) is 0 Å². The summed E-state index contributed by atoms with van der Waals surface area (Å²) >= 11 is 14.0. The predicted molar refractivity (Wildman–Crippen MR) is 78.7 cm³/mol. The molecule has 0 N–H and O–H groups in total. The van der Waals surface area contributed by atoms with E-state index in [9.17, 15) is 0 Å². The van der Waals surface area contributed by atoms with Crippen LogP contribution in [0, 0.1) is 0 Å². The molecule has 0 aliphatic rings. The molecule has 1 aromatic heterocycles. The van der Waals surface area contributed by atoms with Gasteiger partial charge in [-0.25, -0.2) is 0 Å². The molecule has 17 heavy (non-hydrogen) atoms. The molecule has 0 aliphatic carbocycles. The summed E-state index contributed by atoms with van der Waals surface area (Å²) in [6.45, 7) is 2.12. The number of halogens is 2. The Bertz CT molecular complexity index is 713. The van der Waals surface area contributed by atoms with Crippen molar-refractivity contribution in [3.05, 3.63) is 45.9 Å².